The van der Waals surface area contributed by atoms with E-state index < -0.39 is 0 Å². The zero-order chi connectivity index (χ0) is 13.8. The van der Waals surface area contributed by atoms with E-state index in [1.54, 1.807) is 0 Å². The van der Waals surface area contributed by atoms with Crippen molar-refractivity contribution in [3.63, 3.8) is 0 Å². The number of rotatable bonds is 3. The predicted molar refractivity (Wildman–Crippen MR) is 75.5 cm³/mol. The molecule has 1 saturated heterocycles. The number of nitrogens with zero attached hydrogens (tertiary/aromatic N) is 2. The first-order chi connectivity index (χ1) is 9.04. The zero-order valence-corrected chi connectivity index (χ0v) is 12.0. The van der Waals surface area contributed by atoms with Crippen molar-refractivity contribution in [3.8, 4) is 5.75 Å². The van der Waals surface area contributed by atoms with Crippen LogP contribution in [0, 0.1) is 13.8 Å². The van der Waals surface area contributed by atoms with E-state index in [1.165, 1.54) is 0 Å². The molecule has 4 heteroatoms. The van der Waals surface area contributed by atoms with E-state index in [4.69, 9.17) is 4.74 Å². The Morgan fingerprint density at radius 1 is 1.11 bits per heavy atom. The maximum atomic E-state index is 12.0. The fraction of sp³-hybridized carbons (Fsp3) is 0.533. The van der Waals surface area contributed by atoms with Gasteiger partial charge in [-0.25, -0.2) is 0 Å². The standard InChI is InChI=1S/C15H22N2O2/c1-12-8-13(2)10-14(9-12)19-11-15(18)17-6-4-16(3)5-7-17/h8-10H,4-7,11H2,1-3H3. The first kappa shape index (κ1) is 13.9. The monoisotopic (exact) mass is 262 g/mol. The second-order valence-electron chi connectivity index (χ2n) is 5.30. The lowest BCUT2D eigenvalue weighted by Gasteiger charge is -2.32. The number of amides is 1. The highest BCUT2D eigenvalue weighted by molar-refractivity contribution is 5.77. The molecule has 19 heavy (non-hydrogen) atoms. The highest BCUT2D eigenvalue weighted by Gasteiger charge is 2.19. The molecule has 0 radical (unpaired) electrons. The van der Waals surface area contributed by atoms with Crippen LogP contribution in [0.5, 0.6) is 5.75 Å². The molecule has 1 aromatic carbocycles. The molecule has 4 nitrogen and oxygen atoms in total. The van der Waals surface area contributed by atoms with Gasteiger partial charge in [0.25, 0.3) is 5.91 Å². The second-order valence-corrected chi connectivity index (χ2v) is 5.30. The van der Waals surface area contributed by atoms with Crippen LogP contribution in [0.1, 0.15) is 11.1 Å². The Bertz CT molecular complexity index is 431. The summed E-state index contributed by atoms with van der Waals surface area (Å²) in [4.78, 5) is 16.1. The van der Waals surface area contributed by atoms with Crippen molar-refractivity contribution < 1.29 is 9.53 Å². The van der Waals surface area contributed by atoms with Crippen molar-refractivity contribution in [2.45, 2.75) is 13.8 Å². The van der Waals surface area contributed by atoms with Gasteiger partial charge < -0.3 is 14.5 Å². The van der Waals surface area contributed by atoms with Gasteiger partial charge in [-0.15, -0.1) is 0 Å². The lowest BCUT2D eigenvalue weighted by Crippen LogP contribution is -2.48. The quantitative estimate of drug-likeness (QED) is 0.826. The molecule has 0 N–H and O–H groups in total. The molecular formula is C15H22N2O2. The average Bonchev–Trinajstić information content (AvgIpc) is 2.36. The van der Waals surface area contributed by atoms with Crippen molar-refractivity contribution in [1.82, 2.24) is 9.80 Å². The number of piperazine rings is 1. The fourth-order valence-electron chi connectivity index (χ4n) is 2.31. The summed E-state index contributed by atoms with van der Waals surface area (Å²) in [5, 5.41) is 0. The van der Waals surface area contributed by atoms with Crippen LogP contribution in [0.25, 0.3) is 0 Å². The smallest absolute Gasteiger partial charge is 0.260 e. The SMILES string of the molecule is Cc1cc(C)cc(OCC(=O)N2CCN(C)CC2)c1. The Morgan fingerprint density at radius 3 is 2.26 bits per heavy atom. The number of likely N-dealkylation sites (N-methyl/N-ethyl adjacent to an activating group) is 1. The molecule has 1 aliphatic rings. The van der Waals surface area contributed by atoms with Gasteiger partial charge in [0.1, 0.15) is 5.75 Å². The summed E-state index contributed by atoms with van der Waals surface area (Å²) in [6, 6.07) is 6.02. The molecule has 2 rings (SSSR count). The molecule has 1 amide bonds. The predicted octanol–water partition coefficient (Wildman–Crippen LogP) is 1.46. The van der Waals surface area contributed by atoms with E-state index in [0.717, 1.165) is 43.1 Å². The van der Waals surface area contributed by atoms with E-state index in [-0.39, 0.29) is 12.5 Å². The van der Waals surface area contributed by atoms with Gasteiger partial charge >= 0.3 is 0 Å². The number of ether oxygens (including phenoxy) is 1. The Hall–Kier alpha value is -1.55. The molecule has 0 aliphatic carbocycles. The van der Waals surface area contributed by atoms with Crippen LogP contribution in [-0.2, 0) is 4.79 Å². The highest BCUT2D eigenvalue weighted by Crippen LogP contribution is 2.16. The summed E-state index contributed by atoms with van der Waals surface area (Å²) in [5.74, 6) is 0.854. The molecule has 0 aromatic heterocycles. The normalized spacial score (nSPS) is 16.5. The summed E-state index contributed by atoms with van der Waals surface area (Å²) in [7, 11) is 2.08. The molecular weight excluding hydrogens is 240 g/mol. The summed E-state index contributed by atoms with van der Waals surface area (Å²) in [6.07, 6.45) is 0. The van der Waals surface area contributed by atoms with E-state index >= 15 is 0 Å². The number of hydrogen-bond donors (Lipinski definition) is 0. The average molecular weight is 262 g/mol. The number of carbonyl (C=O) groups excluding carboxylic acids is 1. The van der Waals surface area contributed by atoms with Crippen LogP contribution in [0.3, 0.4) is 0 Å². The fourth-order valence-corrected chi connectivity index (χ4v) is 2.31. The van der Waals surface area contributed by atoms with Crippen LogP contribution < -0.4 is 4.74 Å². The van der Waals surface area contributed by atoms with Crippen LogP contribution in [0.2, 0.25) is 0 Å². The zero-order valence-electron chi connectivity index (χ0n) is 12.0. The van der Waals surface area contributed by atoms with Crippen molar-refractivity contribution in [3.05, 3.63) is 29.3 Å². The maximum Gasteiger partial charge on any atom is 0.260 e. The van der Waals surface area contributed by atoms with E-state index in [2.05, 4.69) is 18.0 Å². The maximum absolute atomic E-state index is 12.0. The minimum atomic E-state index is 0.0762. The Labute approximate surface area is 115 Å². The molecule has 0 spiro atoms. The third-order valence-corrected chi connectivity index (χ3v) is 3.41. The third-order valence-electron chi connectivity index (χ3n) is 3.41. The molecule has 104 valence electrons. The summed E-state index contributed by atoms with van der Waals surface area (Å²) >= 11 is 0. The van der Waals surface area contributed by atoms with Gasteiger partial charge in [0.15, 0.2) is 6.61 Å². The van der Waals surface area contributed by atoms with Crippen LogP contribution in [-0.4, -0.2) is 55.5 Å². The minimum absolute atomic E-state index is 0.0762. The summed E-state index contributed by atoms with van der Waals surface area (Å²) in [5.41, 5.74) is 2.31. The Balaban J connectivity index is 1.86. The molecule has 0 saturated carbocycles. The van der Waals surface area contributed by atoms with Crippen LogP contribution in [0.4, 0.5) is 0 Å². The Morgan fingerprint density at radius 2 is 1.68 bits per heavy atom. The molecule has 1 aliphatic heterocycles. The molecule has 0 unspecified atom stereocenters. The van der Waals surface area contributed by atoms with Gasteiger partial charge in [-0.3, -0.25) is 4.79 Å². The van der Waals surface area contributed by atoms with Gasteiger partial charge in [-0.1, -0.05) is 6.07 Å². The lowest BCUT2D eigenvalue weighted by molar-refractivity contribution is -0.134. The van der Waals surface area contributed by atoms with Gasteiger partial charge in [-0.2, -0.15) is 0 Å². The van der Waals surface area contributed by atoms with E-state index in [0.29, 0.717) is 0 Å². The number of benzene rings is 1. The van der Waals surface area contributed by atoms with Gasteiger partial charge in [0.05, 0.1) is 0 Å². The van der Waals surface area contributed by atoms with Crippen molar-refractivity contribution >= 4 is 5.91 Å². The largest absolute Gasteiger partial charge is 0.484 e. The van der Waals surface area contributed by atoms with Gasteiger partial charge in [-0.05, 0) is 44.2 Å². The van der Waals surface area contributed by atoms with E-state index in [1.807, 2.05) is 30.9 Å². The van der Waals surface area contributed by atoms with Crippen molar-refractivity contribution in [1.29, 1.82) is 0 Å². The van der Waals surface area contributed by atoms with Crippen LogP contribution >= 0.6 is 0 Å². The topological polar surface area (TPSA) is 32.8 Å². The minimum Gasteiger partial charge on any atom is -0.484 e. The molecule has 0 bridgehead atoms. The molecule has 0 atom stereocenters. The molecule has 1 aromatic rings. The summed E-state index contributed by atoms with van der Waals surface area (Å²) in [6.45, 7) is 7.67. The van der Waals surface area contributed by atoms with Gasteiger partial charge in [0.2, 0.25) is 0 Å². The number of aryl methyl sites for hydroxylation is 2. The number of hydrogen-bond acceptors (Lipinski definition) is 3. The van der Waals surface area contributed by atoms with Crippen molar-refractivity contribution in [2.24, 2.45) is 0 Å². The van der Waals surface area contributed by atoms with Gasteiger partial charge in [0, 0.05) is 26.2 Å². The lowest BCUT2D eigenvalue weighted by atomic mass is 10.1. The van der Waals surface area contributed by atoms with Crippen LogP contribution in [0.15, 0.2) is 18.2 Å². The third kappa shape index (κ3) is 3.96. The molecule has 1 fully saturated rings. The molecule has 1 heterocycles. The summed E-state index contributed by atoms with van der Waals surface area (Å²) < 4.78 is 5.60. The highest BCUT2D eigenvalue weighted by atomic mass is 16.5. The number of carbonyl (C=O) groups is 1. The first-order valence-electron chi connectivity index (χ1n) is 6.72. The Kier molecular flexibility index (Phi) is 4.43. The first-order valence-corrected chi connectivity index (χ1v) is 6.72. The van der Waals surface area contributed by atoms with Crippen molar-refractivity contribution in [2.75, 3.05) is 39.8 Å². The second kappa shape index (κ2) is 6.06. The van der Waals surface area contributed by atoms with E-state index in [9.17, 15) is 4.79 Å².